The third-order valence-corrected chi connectivity index (χ3v) is 0.927. The van der Waals surface area contributed by atoms with Crippen molar-refractivity contribution in [1.29, 1.82) is 0 Å². The van der Waals surface area contributed by atoms with Crippen molar-refractivity contribution in [2.75, 3.05) is 0 Å². The third kappa shape index (κ3) is 85.3. The van der Waals surface area contributed by atoms with E-state index in [1.165, 1.54) is 24.5 Å². The van der Waals surface area contributed by atoms with Gasteiger partial charge in [0.1, 0.15) is 0 Å². The predicted octanol–water partition coefficient (Wildman–Crippen LogP) is 4.19. The Morgan fingerprint density at radius 2 is 0.960 bits per heavy atom. The van der Waals surface area contributed by atoms with Gasteiger partial charge in [0.2, 0.25) is 0 Å². The smallest absolute Gasteiger partial charge is 0.478 e. The number of halogens is 8. The quantitative estimate of drug-likeness (QED) is 0.250. The molecule has 0 aliphatic rings. The van der Waals surface area contributed by atoms with Gasteiger partial charge >= 0.3 is 40.0 Å². The molecule has 0 saturated carbocycles. The van der Waals surface area contributed by atoms with Crippen molar-refractivity contribution in [2.45, 2.75) is 0 Å². The Hall–Kier alpha value is -1.39. The molecule has 25 heavy (non-hydrogen) atoms. The molecule has 1 rings (SSSR count). The number of hydrogen-bond donors (Lipinski definition) is 6. The van der Waals surface area contributed by atoms with Crippen molar-refractivity contribution in [3.8, 4) is 0 Å². The van der Waals surface area contributed by atoms with Gasteiger partial charge < -0.3 is 70.4 Å². The van der Waals surface area contributed by atoms with Crippen molar-refractivity contribution in [3.63, 3.8) is 0 Å². The van der Waals surface area contributed by atoms with E-state index in [2.05, 4.69) is 4.98 Å². The molecule has 0 unspecified atom stereocenters. The minimum absolute atomic E-state index is 0. The zero-order chi connectivity index (χ0) is 15.7. The molecule has 0 radical (unpaired) electrons. The van der Waals surface area contributed by atoms with Crippen LogP contribution in [0, 0.1) is 0 Å². The van der Waals surface area contributed by atoms with E-state index in [1.807, 2.05) is 0 Å². The van der Waals surface area contributed by atoms with Gasteiger partial charge in [0.05, 0.1) is 5.56 Å². The molecule has 0 aliphatic heterocycles. The SMILES string of the molecule is F[B-](F)(F)F.F[B-](F)(F)F.N.N.N.N.N.O=C(O)c1ccncc1.[Ru+2]. The van der Waals surface area contributed by atoms with Gasteiger partial charge in [-0.1, -0.05) is 0 Å². The van der Waals surface area contributed by atoms with Gasteiger partial charge in [-0.15, -0.1) is 0 Å². The summed E-state index contributed by atoms with van der Waals surface area (Å²) in [4.78, 5) is 13.8. The van der Waals surface area contributed by atoms with Crippen molar-refractivity contribution < 1.29 is 63.9 Å². The molecule has 0 bridgehead atoms. The number of hydrogen-bond acceptors (Lipinski definition) is 7. The molecule has 156 valence electrons. The zero-order valence-corrected chi connectivity index (χ0v) is 14.4. The van der Waals surface area contributed by atoms with Crippen LogP contribution in [0.5, 0.6) is 0 Å². The van der Waals surface area contributed by atoms with Crippen LogP contribution >= 0.6 is 0 Å². The molecule has 0 amide bonds. The second-order valence-electron chi connectivity index (χ2n) is 2.53. The summed E-state index contributed by atoms with van der Waals surface area (Å²) in [6.45, 7) is 0. The number of nitrogens with zero attached hydrogens (tertiary/aromatic N) is 1. The normalized spacial score (nSPS) is 8.00. The Bertz CT molecular complexity index is 364. The minimum Gasteiger partial charge on any atom is -0.478 e. The number of carbonyl (C=O) groups is 1. The Labute approximate surface area is 151 Å². The average Bonchev–Trinajstić information content (AvgIpc) is 2.13. The standard InChI is InChI=1S/C6H5NO2.2BF4.5H3N.Ru/c8-6(9)5-1-3-7-4-2-5;2*2-1(3,4)5;;;;;;/h1-4H,(H,8,9);;;5*1H3;/q;2*-1;;;;;;+2. The van der Waals surface area contributed by atoms with Gasteiger partial charge in [-0.25, -0.2) is 4.79 Å². The molecule has 0 fully saturated rings. The first-order valence-electron chi connectivity index (χ1n) is 4.18. The van der Waals surface area contributed by atoms with E-state index in [-0.39, 0.29) is 55.8 Å². The van der Waals surface area contributed by atoms with Gasteiger partial charge in [0.25, 0.3) is 0 Å². The first-order chi connectivity index (χ1) is 8.30. The largest absolute Gasteiger partial charge is 2.00 e. The Balaban J connectivity index is -0.0000000273. The van der Waals surface area contributed by atoms with Gasteiger partial charge in [-0.3, -0.25) is 4.98 Å². The number of carboxylic acid groups (broad SMARTS) is 1. The van der Waals surface area contributed by atoms with Crippen molar-refractivity contribution >= 4 is 20.5 Å². The molecule has 0 aliphatic carbocycles. The maximum absolute atomic E-state index is 10.2. The summed E-state index contributed by atoms with van der Waals surface area (Å²) in [6.07, 6.45) is 2.90. The first kappa shape index (κ1) is 49.5. The summed E-state index contributed by atoms with van der Waals surface area (Å²) in [5.41, 5.74) is 0.269. The molecule has 0 spiro atoms. The second kappa shape index (κ2) is 22.6. The molecule has 8 nitrogen and oxygen atoms in total. The Morgan fingerprint density at radius 1 is 0.760 bits per heavy atom. The topological polar surface area (TPSA) is 225 Å². The van der Waals surface area contributed by atoms with Crippen LogP contribution in [-0.2, 0) is 19.5 Å². The molecule has 19 heteroatoms. The molecule has 1 aromatic heterocycles. The number of aromatic nitrogens is 1. The van der Waals surface area contributed by atoms with Crippen LogP contribution < -0.4 is 30.8 Å². The number of rotatable bonds is 1. The summed E-state index contributed by atoms with van der Waals surface area (Å²) in [6, 6.07) is 2.89. The molecule has 16 N–H and O–H groups in total. The summed E-state index contributed by atoms with van der Waals surface area (Å²) in [5, 5.41) is 8.36. The number of pyridine rings is 1. The molecule has 0 saturated heterocycles. The molecular weight excluding hydrogens is 463 g/mol. The van der Waals surface area contributed by atoms with Crippen LogP contribution in [-0.4, -0.2) is 30.6 Å². The van der Waals surface area contributed by atoms with E-state index < -0.39 is 20.5 Å². The van der Waals surface area contributed by atoms with Crippen LogP contribution in [0.1, 0.15) is 10.4 Å². The minimum atomic E-state index is -6.00. The van der Waals surface area contributed by atoms with Crippen molar-refractivity contribution in [1.82, 2.24) is 35.7 Å². The van der Waals surface area contributed by atoms with Crippen LogP contribution in [0.2, 0.25) is 0 Å². The molecule has 1 heterocycles. The molecule has 0 atom stereocenters. The van der Waals surface area contributed by atoms with Crippen molar-refractivity contribution in [3.05, 3.63) is 30.1 Å². The Kier molecular flexibility index (Phi) is 44.8. The van der Waals surface area contributed by atoms with E-state index in [9.17, 15) is 39.3 Å². The summed E-state index contributed by atoms with van der Waals surface area (Å²) < 4.78 is 78.0. The van der Waals surface area contributed by atoms with E-state index in [1.54, 1.807) is 0 Å². The fourth-order valence-corrected chi connectivity index (χ4v) is 0.494. The molecule has 0 aromatic carbocycles. The van der Waals surface area contributed by atoms with Gasteiger partial charge in [0, 0.05) is 12.4 Å². The fraction of sp³-hybridized carbons (Fsp3) is 0. The fourth-order valence-electron chi connectivity index (χ4n) is 0.494. The van der Waals surface area contributed by atoms with E-state index in [0.717, 1.165) is 0 Å². The van der Waals surface area contributed by atoms with Crippen LogP contribution in [0.25, 0.3) is 0 Å². The Morgan fingerprint density at radius 3 is 1.08 bits per heavy atom. The first-order valence-corrected chi connectivity index (χ1v) is 4.18. The zero-order valence-electron chi connectivity index (χ0n) is 12.7. The van der Waals surface area contributed by atoms with Crippen molar-refractivity contribution in [2.24, 2.45) is 0 Å². The van der Waals surface area contributed by atoms with Gasteiger partial charge in [0.15, 0.2) is 0 Å². The van der Waals surface area contributed by atoms with Crippen LogP contribution in [0.15, 0.2) is 24.5 Å². The average molecular weight is 483 g/mol. The van der Waals surface area contributed by atoms with Crippen LogP contribution in [0.4, 0.5) is 34.5 Å². The van der Waals surface area contributed by atoms with E-state index >= 15 is 0 Å². The molecule has 1 aromatic rings. The monoisotopic (exact) mass is 484 g/mol. The third-order valence-electron chi connectivity index (χ3n) is 0.927. The molecular formula is C6H20B2F8N6O2Ru. The summed E-state index contributed by atoms with van der Waals surface area (Å²) in [7, 11) is -12.0. The maximum atomic E-state index is 10.2. The maximum Gasteiger partial charge on any atom is 2.00 e. The number of carboxylic acids is 1. The second-order valence-corrected chi connectivity index (χ2v) is 2.53. The van der Waals surface area contributed by atoms with Gasteiger partial charge in [-0.05, 0) is 12.1 Å². The predicted molar refractivity (Wildman–Crippen MR) is 76.7 cm³/mol. The summed E-state index contributed by atoms with van der Waals surface area (Å²) >= 11 is 0. The van der Waals surface area contributed by atoms with E-state index in [4.69, 9.17) is 5.11 Å². The van der Waals surface area contributed by atoms with E-state index in [0.29, 0.717) is 0 Å². The number of aromatic carboxylic acids is 1. The van der Waals surface area contributed by atoms with Crippen LogP contribution in [0.3, 0.4) is 0 Å². The summed E-state index contributed by atoms with van der Waals surface area (Å²) in [5.74, 6) is -0.919. The van der Waals surface area contributed by atoms with Gasteiger partial charge in [-0.2, -0.15) is 0 Å².